The minimum Gasteiger partial charge on any atom is -0.444 e. The molecule has 2 fully saturated rings. The fourth-order valence-electron chi connectivity index (χ4n) is 6.69. The lowest BCUT2D eigenvalue weighted by Crippen LogP contribution is -2.62. The molecule has 2 amide bonds. The number of aromatic nitrogens is 2. The van der Waals surface area contributed by atoms with E-state index in [-0.39, 0.29) is 11.9 Å². The first-order valence-corrected chi connectivity index (χ1v) is 17.2. The van der Waals surface area contributed by atoms with Gasteiger partial charge in [0, 0.05) is 73.8 Å². The third kappa shape index (κ3) is 7.42. The minimum absolute atomic E-state index is 0.0133. The van der Waals surface area contributed by atoms with Crippen LogP contribution in [0, 0.1) is 5.92 Å². The highest BCUT2D eigenvalue weighted by Gasteiger charge is 2.43. The highest BCUT2D eigenvalue weighted by molar-refractivity contribution is 9.10. The smallest absolute Gasteiger partial charge is 0.411 e. The van der Waals surface area contributed by atoms with Crippen LogP contribution in [0.4, 0.5) is 4.79 Å². The zero-order valence-corrected chi connectivity index (χ0v) is 29.0. The molecule has 6 rings (SSSR count). The van der Waals surface area contributed by atoms with Crippen LogP contribution in [0.3, 0.4) is 0 Å². The number of benzene rings is 1. The molecule has 8 nitrogen and oxygen atoms in total. The van der Waals surface area contributed by atoms with Gasteiger partial charge in [-0.2, -0.15) is 0 Å². The van der Waals surface area contributed by atoms with Gasteiger partial charge in [0.05, 0.1) is 11.7 Å². The Morgan fingerprint density at radius 3 is 2.60 bits per heavy atom. The Kier molecular flexibility index (Phi) is 9.33. The normalized spacial score (nSPS) is 20.3. The van der Waals surface area contributed by atoms with Crippen LogP contribution in [0.5, 0.6) is 0 Å². The zero-order chi connectivity index (χ0) is 31.9. The molecule has 1 saturated heterocycles. The predicted octanol–water partition coefficient (Wildman–Crippen LogP) is 6.43. The SMILES string of the molecule is Cn1cccc1CCN(CC1CC1)C(=O)[C@H]1CN(C2c3ccc(Cl)cc3CCc3cc(Br)cnc32)CCN1C(=O)OC(C)(C)C. The van der Waals surface area contributed by atoms with E-state index in [1.165, 1.54) is 16.8 Å². The first kappa shape index (κ1) is 32.1. The number of piperazine rings is 1. The number of ether oxygens (including phenoxy) is 1. The number of halogens is 2. The number of hydrogen-bond donors (Lipinski definition) is 0. The number of nitrogens with zero attached hydrogens (tertiary/aromatic N) is 5. The summed E-state index contributed by atoms with van der Waals surface area (Å²) in [5.74, 6) is 0.505. The van der Waals surface area contributed by atoms with Gasteiger partial charge >= 0.3 is 6.09 Å². The van der Waals surface area contributed by atoms with Crippen molar-refractivity contribution in [1.82, 2.24) is 24.3 Å². The summed E-state index contributed by atoms with van der Waals surface area (Å²) in [5.41, 5.74) is 5.03. The maximum absolute atomic E-state index is 14.7. The van der Waals surface area contributed by atoms with Gasteiger partial charge in [-0.3, -0.25) is 19.6 Å². The van der Waals surface area contributed by atoms with Gasteiger partial charge < -0.3 is 14.2 Å². The number of carbonyl (C=O) groups is 2. The zero-order valence-electron chi connectivity index (χ0n) is 26.6. The fourth-order valence-corrected chi connectivity index (χ4v) is 7.26. The Morgan fingerprint density at radius 2 is 1.89 bits per heavy atom. The van der Waals surface area contributed by atoms with Crippen molar-refractivity contribution in [3.8, 4) is 0 Å². The third-order valence-corrected chi connectivity index (χ3v) is 9.83. The Hall–Kier alpha value is -2.88. The summed E-state index contributed by atoms with van der Waals surface area (Å²) in [7, 11) is 2.04. The molecule has 0 spiro atoms. The van der Waals surface area contributed by atoms with Gasteiger partial charge in [-0.1, -0.05) is 17.7 Å². The van der Waals surface area contributed by atoms with Crippen LogP contribution in [0.15, 0.2) is 53.3 Å². The van der Waals surface area contributed by atoms with E-state index in [1.54, 1.807) is 4.90 Å². The molecule has 3 heterocycles. The van der Waals surface area contributed by atoms with E-state index in [1.807, 2.05) is 57.2 Å². The summed E-state index contributed by atoms with van der Waals surface area (Å²) in [4.78, 5) is 39.3. The van der Waals surface area contributed by atoms with Gasteiger partial charge in [0.2, 0.25) is 5.91 Å². The molecule has 2 aromatic heterocycles. The number of hydrogen-bond acceptors (Lipinski definition) is 5. The Labute approximate surface area is 279 Å². The molecule has 3 aliphatic rings. The van der Waals surface area contributed by atoms with Crippen LogP contribution in [0.2, 0.25) is 5.02 Å². The number of pyridine rings is 1. The standard InChI is InChI=1S/C35H43BrClN5O3/c1-35(2,3)45-34(44)42-17-16-40(22-30(42)33(43)41(21-23-7-8-23)15-13-28-6-5-14-39(28)4)32-29-12-11-27(37)19-24(29)9-10-25-18-26(36)20-38-31(25)32/h5-6,11-12,14,18-20,23,30,32H,7-10,13,15-17,21-22H2,1-4H3/t30-,32?/m1/s1. The molecule has 2 aliphatic carbocycles. The molecule has 0 N–H and O–H groups in total. The highest BCUT2D eigenvalue weighted by atomic mass is 79.9. The van der Waals surface area contributed by atoms with E-state index in [4.69, 9.17) is 21.3 Å². The van der Waals surface area contributed by atoms with Crippen LogP contribution in [-0.2, 0) is 35.8 Å². The fraction of sp³-hybridized carbons (Fsp3) is 0.514. The van der Waals surface area contributed by atoms with Crippen molar-refractivity contribution in [2.45, 2.75) is 70.6 Å². The maximum Gasteiger partial charge on any atom is 0.411 e. The molecule has 1 unspecified atom stereocenters. The van der Waals surface area contributed by atoms with Crippen LogP contribution < -0.4 is 0 Å². The molecule has 1 aromatic carbocycles. The van der Waals surface area contributed by atoms with Crippen LogP contribution in [0.1, 0.15) is 67.7 Å². The Balaban J connectivity index is 1.35. The van der Waals surface area contributed by atoms with Gasteiger partial charge in [-0.15, -0.1) is 0 Å². The molecular weight excluding hydrogens is 654 g/mol. The van der Waals surface area contributed by atoms with E-state index in [0.29, 0.717) is 43.7 Å². The van der Waals surface area contributed by atoms with Gasteiger partial charge in [0.1, 0.15) is 11.6 Å². The third-order valence-electron chi connectivity index (χ3n) is 9.16. The van der Waals surface area contributed by atoms with Crippen molar-refractivity contribution in [2.24, 2.45) is 13.0 Å². The monoisotopic (exact) mass is 695 g/mol. The molecule has 2 atom stereocenters. The van der Waals surface area contributed by atoms with Crippen molar-refractivity contribution in [3.63, 3.8) is 0 Å². The molecule has 0 radical (unpaired) electrons. The van der Waals surface area contributed by atoms with E-state index in [2.05, 4.69) is 49.7 Å². The summed E-state index contributed by atoms with van der Waals surface area (Å²) < 4.78 is 8.92. The molecule has 240 valence electrons. The van der Waals surface area contributed by atoms with Crippen molar-refractivity contribution in [3.05, 3.63) is 86.4 Å². The lowest BCUT2D eigenvalue weighted by molar-refractivity contribution is -0.140. The average molecular weight is 697 g/mol. The van der Waals surface area contributed by atoms with Gasteiger partial charge in [0.15, 0.2) is 0 Å². The second-order valence-corrected chi connectivity index (χ2v) is 15.1. The first-order chi connectivity index (χ1) is 21.5. The van der Waals surface area contributed by atoms with Crippen molar-refractivity contribution in [1.29, 1.82) is 0 Å². The van der Waals surface area contributed by atoms with Crippen molar-refractivity contribution < 1.29 is 14.3 Å². The number of carbonyl (C=O) groups excluding carboxylic acids is 2. The topological polar surface area (TPSA) is 70.9 Å². The quantitative estimate of drug-likeness (QED) is 0.285. The average Bonchev–Trinajstić information content (AvgIpc) is 3.74. The Bertz CT molecular complexity index is 1510. The van der Waals surface area contributed by atoms with E-state index >= 15 is 0 Å². The molecular formula is C35H43BrClN5O3. The summed E-state index contributed by atoms with van der Waals surface area (Å²) in [5, 5.41) is 0.712. The summed E-state index contributed by atoms with van der Waals surface area (Å²) in [6.07, 6.45) is 8.19. The number of aryl methyl sites for hydroxylation is 3. The van der Waals surface area contributed by atoms with E-state index < -0.39 is 17.7 Å². The highest BCUT2D eigenvalue weighted by Crippen LogP contribution is 2.39. The van der Waals surface area contributed by atoms with Gasteiger partial charge in [0.25, 0.3) is 0 Å². The van der Waals surface area contributed by atoms with Gasteiger partial charge in [-0.25, -0.2) is 4.79 Å². The minimum atomic E-state index is -0.682. The summed E-state index contributed by atoms with van der Waals surface area (Å²) in [6, 6.07) is 11.6. The first-order valence-electron chi connectivity index (χ1n) is 16.0. The summed E-state index contributed by atoms with van der Waals surface area (Å²) in [6.45, 7) is 8.26. The summed E-state index contributed by atoms with van der Waals surface area (Å²) >= 11 is 10.1. The Morgan fingerprint density at radius 1 is 1.11 bits per heavy atom. The molecule has 3 aromatic rings. The number of amides is 2. The molecule has 45 heavy (non-hydrogen) atoms. The number of rotatable bonds is 7. The lowest BCUT2D eigenvalue weighted by atomic mass is 9.95. The largest absolute Gasteiger partial charge is 0.444 e. The lowest BCUT2D eigenvalue weighted by Gasteiger charge is -2.45. The molecule has 1 aliphatic heterocycles. The van der Waals surface area contributed by atoms with Gasteiger partial charge in [-0.05, 0) is 115 Å². The molecule has 1 saturated carbocycles. The maximum atomic E-state index is 14.7. The van der Waals surface area contributed by atoms with Crippen LogP contribution >= 0.6 is 27.5 Å². The number of fused-ring (bicyclic) bond motifs is 2. The van der Waals surface area contributed by atoms with E-state index in [9.17, 15) is 9.59 Å². The van der Waals surface area contributed by atoms with Crippen LogP contribution in [0.25, 0.3) is 0 Å². The predicted molar refractivity (Wildman–Crippen MR) is 179 cm³/mol. The van der Waals surface area contributed by atoms with Crippen LogP contribution in [-0.4, -0.2) is 80.6 Å². The second kappa shape index (κ2) is 13.1. The van der Waals surface area contributed by atoms with E-state index in [0.717, 1.165) is 47.8 Å². The molecule has 10 heteroatoms. The van der Waals surface area contributed by atoms with Crippen molar-refractivity contribution in [2.75, 3.05) is 32.7 Å². The molecule has 0 bridgehead atoms. The second-order valence-electron chi connectivity index (χ2n) is 13.7. The van der Waals surface area contributed by atoms with Crippen molar-refractivity contribution >= 4 is 39.5 Å².